The van der Waals surface area contributed by atoms with Gasteiger partial charge in [-0.1, -0.05) is 13.3 Å². The molecule has 98 valence electrons. The second-order valence-electron chi connectivity index (χ2n) is 3.67. The van der Waals surface area contributed by atoms with Crippen molar-refractivity contribution in [1.82, 2.24) is 9.97 Å². The fraction of sp³-hybridized carbons (Fsp3) is 0.600. The van der Waals surface area contributed by atoms with E-state index in [0.717, 1.165) is 17.9 Å². The van der Waals surface area contributed by atoms with Crippen LogP contribution >= 0.6 is 7.82 Å². The van der Waals surface area contributed by atoms with Crippen LogP contribution in [0.1, 0.15) is 36.8 Å². The van der Waals surface area contributed by atoms with Crippen LogP contribution in [0.2, 0.25) is 0 Å². The van der Waals surface area contributed by atoms with Crippen molar-refractivity contribution in [3.63, 3.8) is 0 Å². The molecule has 1 rings (SSSR count). The molecule has 0 fully saturated rings. The highest BCUT2D eigenvalue weighted by Gasteiger charge is 2.00. The van der Waals surface area contributed by atoms with Crippen molar-refractivity contribution in [2.24, 2.45) is 0 Å². The molecule has 6 nitrogen and oxygen atoms in total. The van der Waals surface area contributed by atoms with Crippen LogP contribution in [0.15, 0.2) is 6.20 Å². The van der Waals surface area contributed by atoms with Crippen LogP contribution in [0.3, 0.4) is 0 Å². The lowest BCUT2D eigenvalue weighted by atomic mass is 10.2. The molecule has 3 N–H and O–H groups in total. The SMILES string of the molecule is CCCCc1ncc(C)c(C)n1.O=P(O)(O)O. The summed E-state index contributed by atoms with van der Waals surface area (Å²) in [6, 6.07) is 0. The van der Waals surface area contributed by atoms with Crippen molar-refractivity contribution in [3.8, 4) is 0 Å². The first-order chi connectivity index (χ1) is 7.74. The second kappa shape index (κ2) is 7.50. The summed E-state index contributed by atoms with van der Waals surface area (Å²) in [5.74, 6) is 0.986. The first-order valence-electron chi connectivity index (χ1n) is 5.31. The lowest BCUT2D eigenvalue weighted by Crippen LogP contribution is -1.98. The van der Waals surface area contributed by atoms with E-state index in [4.69, 9.17) is 19.2 Å². The standard InChI is InChI=1S/C10H16N2.H3O4P/c1-4-5-6-10-11-7-8(2)9(3)12-10;1-5(2,3)4/h7H,4-6H2,1-3H3;(H3,1,2,3,4). The third-order valence-corrected chi connectivity index (χ3v) is 2.03. The monoisotopic (exact) mass is 262 g/mol. The molecule has 0 saturated carbocycles. The molecule has 17 heavy (non-hydrogen) atoms. The number of hydrogen-bond acceptors (Lipinski definition) is 3. The molecule has 1 heterocycles. The van der Waals surface area contributed by atoms with Gasteiger partial charge in [-0.05, 0) is 25.8 Å². The van der Waals surface area contributed by atoms with Crippen LogP contribution in [0.5, 0.6) is 0 Å². The maximum atomic E-state index is 8.88. The van der Waals surface area contributed by atoms with E-state index in [1.165, 1.54) is 18.4 Å². The van der Waals surface area contributed by atoms with Gasteiger partial charge in [0.1, 0.15) is 5.82 Å². The molecule has 0 spiro atoms. The number of unbranched alkanes of at least 4 members (excludes halogenated alkanes) is 1. The highest BCUT2D eigenvalue weighted by molar-refractivity contribution is 7.45. The minimum Gasteiger partial charge on any atom is -0.303 e. The molecular weight excluding hydrogens is 243 g/mol. The average Bonchev–Trinajstić information content (AvgIpc) is 2.17. The van der Waals surface area contributed by atoms with E-state index in [1.54, 1.807) is 0 Å². The summed E-state index contributed by atoms with van der Waals surface area (Å²) in [7, 11) is -4.64. The van der Waals surface area contributed by atoms with Crippen molar-refractivity contribution < 1.29 is 19.2 Å². The summed E-state index contributed by atoms with van der Waals surface area (Å²) < 4.78 is 8.88. The summed E-state index contributed by atoms with van der Waals surface area (Å²) in [5, 5.41) is 0. The van der Waals surface area contributed by atoms with Gasteiger partial charge >= 0.3 is 7.82 Å². The number of hydrogen-bond donors (Lipinski definition) is 3. The zero-order valence-electron chi connectivity index (χ0n) is 10.3. The van der Waals surface area contributed by atoms with Crippen molar-refractivity contribution in [2.75, 3.05) is 0 Å². The maximum Gasteiger partial charge on any atom is 0.466 e. The zero-order valence-corrected chi connectivity index (χ0v) is 11.2. The lowest BCUT2D eigenvalue weighted by Gasteiger charge is -2.01. The molecule has 0 aliphatic carbocycles. The van der Waals surface area contributed by atoms with E-state index in [-0.39, 0.29) is 0 Å². The van der Waals surface area contributed by atoms with E-state index in [0.29, 0.717) is 0 Å². The quantitative estimate of drug-likeness (QED) is 0.713. The molecular formula is C10H19N2O4P. The van der Waals surface area contributed by atoms with Crippen LogP contribution in [0, 0.1) is 13.8 Å². The van der Waals surface area contributed by atoms with Crippen LogP contribution in [-0.4, -0.2) is 24.6 Å². The molecule has 0 saturated heterocycles. The van der Waals surface area contributed by atoms with Gasteiger partial charge in [0.25, 0.3) is 0 Å². The molecule has 1 aromatic heterocycles. The maximum absolute atomic E-state index is 8.88. The Kier molecular flexibility index (Phi) is 7.15. The normalized spacial score (nSPS) is 10.7. The molecule has 0 amide bonds. The zero-order chi connectivity index (χ0) is 13.5. The Labute approximate surface area is 101 Å². The van der Waals surface area contributed by atoms with E-state index < -0.39 is 7.82 Å². The fourth-order valence-corrected chi connectivity index (χ4v) is 1.03. The minimum absolute atomic E-state index is 0.986. The Balaban J connectivity index is 0.000000437. The van der Waals surface area contributed by atoms with Crippen molar-refractivity contribution in [3.05, 3.63) is 23.3 Å². The van der Waals surface area contributed by atoms with E-state index in [2.05, 4.69) is 16.9 Å². The van der Waals surface area contributed by atoms with Gasteiger partial charge in [-0.15, -0.1) is 0 Å². The lowest BCUT2D eigenvalue weighted by molar-refractivity contribution is 0.275. The van der Waals surface area contributed by atoms with Crippen LogP contribution in [0.4, 0.5) is 0 Å². The first kappa shape index (κ1) is 16.2. The third kappa shape index (κ3) is 10.1. The van der Waals surface area contributed by atoms with E-state index >= 15 is 0 Å². The van der Waals surface area contributed by atoms with Gasteiger partial charge in [0, 0.05) is 18.3 Å². The Morgan fingerprint density at radius 1 is 1.29 bits per heavy atom. The third-order valence-electron chi connectivity index (χ3n) is 2.03. The Morgan fingerprint density at radius 3 is 2.24 bits per heavy atom. The van der Waals surface area contributed by atoms with Gasteiger partial charge in [0.05, 0.1) is 0 Å². The van der Waals surface area contributed by atoms with Crippen LogP contribution in [0.25, 0.3) is 0 Å². The molecule has 0 bridgehead atoms. The molecule has 0 unspecified atom stereocenters. The summed E-state index contributed by atoms with van der Waals surface area (Å²) in [6.45, 7) is 6.26. The summed E-state index contributed by atoms with van der Waals surface area (Å²) in [6.07, 6.45) is 5.31. The van der Waals surface area contributed by atoms with Gasteiger partial charge in [0.2, 0.25) is 0 Å². The summed E-state index contributed by atoms with van der Waals surface area (Å²) in [4.78, 5) is 30.2. The molecule has 0 aliphatic rings. The molecule has 1 aromatic rings. The van der Waals surface area contributed by atoms with Gasteiger partial charge in [-0.25, -0.2) is 14.5 Å². The Bertz CT molecular complexity index is 384. The largest absolute Gasteiger partial charge is 0.466 e. The van der Waals surface area contributed by atoms with Gasteiger partial charge in [-0.2, -0.15) is 0 Å². The van der Waals surface area contributed by atoms with Crippen molar-refractivity contribution >= 4 is 7.82 Å². The van der Waals surface area contributed by atoms with Crippen LogP contribution < -0.4 is 0 Å². The predicted molar refractivity (Wildman–Crippen MR) is 64.4 cm³/mol. The Hall–Kier alpha value is -0.810. The molecule has 0 atom stereocenters. The highest BCUT2D eigenvalue weighted by atomic mass is 31.2. The summed E-state index contributed by atoms with van der Waals surface area (Å²) >= 11 is 0. The van der Waals surface area contributed by atoms with Gasteiger partial charge in [-0.3, -0.25) is 0 Å². The smallest absolute Gasteiger partial charge is 0.303 e. The molecule has 0 aromatic carbocycles. The van der Waals surface area contributed by atoms with Gasteiger partial charge < -0.3 is 14.7 Å². The number of rotatable bonds is 3. The Morgan fingerprint density at radius 2 is 1.82 bits per heavy atom. The van der Waals surface area contributed by atoms with Crippen molar-refractivity contribution in [1.29, 1.82) is 0 Å². The molecule has 0 aliphatic heterocycles. The van der Waals surface area contributed by atoms with Gasteiger partial charge in [0.15, 0.2) is 0 Å². The van der Waals surface area contributed by atoms with Crippen LogP contribution in [-0.2, 0) is 11.0 Å². The predicted octanol–water partition coefficient (Wildman–Crippen LogP) is 1.51. The average molecular weight is 262 g/mol. The second-order valence-corrected chi connectivity index (χ2v) is 4.70. The van der Waals surface area contributed by atoms with E-state index in [9.17, 15) is 0 Å². The number of phosphoric acid groups is 1. The number of nitrogens with zero attached hydrogens (tertiary/aromatic N) is 2. The fourth-order valence-electron chi connectivity index (χ4n) is 1.03. The molecule has 7 heteroatoms. The topological polar surface area (TPSA) is 104 Å². The minimum atomic E-state index is -4.64. The van der Waals surface area contributed by atoms with Crippen molar-refractivity contribution in [2.45, 2.75) is 40.0 Å². The molecule has 0 radical (unpaired) electrons. The highest BCUT2D eigenvalue weighted by Crippen LogP contribution is 2.25. The number of aryl methyl sites for hydroxylation is 3. The van der Waals surface area contributed by atoms with E-state index in [1.807, 2.05) is 20.0 Å². The summed E-state index contributed by atoms with van der Waals surface area (Å²) in [5.41, 5.74) is 2.28. The number of aromatic nitrogens is 2. The first-order valence-corrected chi connectivity index (χ1v) is 6.88.